The van der Waals surface area contributed by atoms with Crippen LogP contribution >= 0.6 is 0 Å². The highest BCUT2D eigenvalue weighted by molar-refractivity contribution is 5.87. The summed E-state index contributed by atoms with van der Waals surface area (Å²) in [5, 5.41) is 17.4. The number of hydrogen-bond acceptors (Lipinski definition) is 5. The number of rotatable bonds is 3. The summed E-state index contributed by atoms with van der Waals surface area (Å²) in [6.45, 7) is 1.46. The molecule has 0 aliphatic carbocycles. The van der Waals surface area contributed by atoms with E-state index in [1.54, 1.807) is 28.9 Å². The number of carboxylic acids is 1. The first-order chi connectivity index (χ1) is 11.2. The largest absolute Gasteiger partial charge is 0.486 e. The summed E-state index contributed by atoms with van der Waals surface area (Å²) >= 11 is 0. The molecule has 2 aromatic carbocycles. The van der Waals surface area contributed by atoms with E-state index < -0.39 is 5.97 Å². The van der Waals surface area contributed by atoms with Crippen LogP contribution in [-0.4, -0.2) is 39.3 Å². The standard InChI is InChI=1S/C16H13N3O4/c20-16(21)11-3-1-2-10(6-11)9-19-13-8-15-14(22-4-5-23-15)7-12(13)17-18-19/h1-3,6-8H,4-5,9H2,(H,20,21). The van der Waals surface area contributed by atoms with E-state index in [9.17, 15) is 4.79 Å². The molecule has 1 N–H and O–H groups in total. The highest BCUT2D eigenvalue weighted by Crippen LogP contribution is 2.33. The maximum absolute atomic E-state index is 11.1. The smallest absolute Gasteiger partial charge is 0.335 e. The Morgan fingerprint density at radius 3 is 2.74 bits per heavy atom. The fourth-order valence-corrected chi connectivity index (χ4v) is 2.60. The highest BCUT2D eigenvalue weighted by Gasteiger charge is 2.16. The van der Waals surface area contributed by atoms with Gasteiger partial charge in [-0.2, -0.15) is 0 Å². The molecule has 3 aromatic rings. The third kappa shape index (κ3) is 2.46. The topological polar surface area (TPSA) is 86.5 Å². The Kier molecular flexibility index (Phi) is 3.11. The Balaban J connectivity index is 1.72. The molecular weight excluding hydrogens is 298 g/mol. The van der Waals surface area contributed by atoms with Gasteiger partial charge in [0.2, 0.25) is 0 Å². The van der Waals surface area contributed by atoms with Crippen molar-refractivity contribution in [3.63, 3.8) is 0 Å². The van der Waals surface area contributed by atoms with Gasteiger partial charge in [0.05, 0.1) is 17.6 Å². The number of carboxylic acid groups (broad SMARTS) is 1. The van der Waals surface area contributed by atoms with Gasteiger partial charge in [0.1, 0.15) is 18.7 Å². The zero-order valence-electron chi connectivity index (χ0n) is 12.1. The van der Waals surface area contributed by atoms with Crippen LogP contribution in [0.3, 0.4) is 0 Å². The van der Waals surface area contributed by atoms with Crippen molar-refractivity contribution >= 4 is 17.0 Å². The van der Waals surface area contributed by atoms with E-state index in [0.717, 1.165) is 11.1 Å². The van der Waals surface area contributed by atoms with Crippen LogP contribution in [0.15, 0.2) is 36.4 Å². The molecular formula is C16H13N3O4. The minimum absolute atomic E-state index is 0.251. The minimum Gasteiger partial charge on any atom is -0.486 e. The number of aromatic carboxylic acids is 1. The van der Waals surface area contributed by atoms with Crippen molar-refractivity contribution in [3.8, 4) is 11.5 Å². The van der Waals surface area contributed by atoms with E-state index in [1.165, 1.54) is 0 Å². The summed E-state index contributed by atoms with van der Waals surface area (Å²) < 4.78 is 12.8. The van der Waals surface area contributed by atoms with Gasteiger partial charge in [-0.3, -0.25) is 0 Å². The molecule has 7 heteroatoms. The first-order valence-electron chi connectivity index (χ1n) is 7.16. The molecule has 0 amide bonds. The molecule has 1 aliphatic heterocycles. The van der Waals surface area contributed by atoms with E-state index in [1.807, 2.05) is 12.1 Å². The number of benzene rings is 2. The monoisotopic (exact) mass is 311 g/mol. The van der Waals surface area contributed by atoms with Gasteiger partial charge in [-0.1, -0.05) is 17.3 Å². The van der Waals surface area contributed by atoms with Gasteiger partial charge in [0.15, 0.2) is 11.5 Å². The molecule has 0 radical (unpaired) electrons. The Labute approximate surface area is 131 Å². The van der Waals surface area contributed by atoms with E-state index >= 15 is 0 Å². The lowest BCUT2D eigenvalue weighted by atomic mass is 10.1. The second-order valence-electron chi connectivity index (χ2n) is 5.24. The second-order valence-corrected chi connectivity index (χ2v) is 5.24. The number of aromatic nitrogens is 3. The van der Waals surface area contributed by atoms with Gasteiger partial charge in [-0.25, -0.2) is 9.48 Å². The number of hydrogen-bond donors (Lipinski definition) is 1. The zero-order chi connectivity index (χ0) is 15.8. The predicted octanol–water partition coefficient (Wildman–Crippen LogP) is 1.95. The molecule has 0 spiro atoms. The number of ether oxygens (including phenoxy) is 2. The summed E-state index contributed by atoms with van der Waals surface area (Å²) in [5.41, 5.74) is 2.62. The van der Waals surface area contributed by atoms with Gasteiger partial charge in [-0.05, 0) is 17.7 Å². The SMILES string of the molecule is O=C(O)c1cccc(Cn2nnc3cc4c(cc32)OCCO4)c1. The average molecular weight is 311 g/mol. The van der Waals surface area contributed by atoms with Crippen LogP contribution in [0.2, 0.25) is 0 Å². The lowest BCUT2D eigenvalue weighted by molar-refractivity contribution is 0.0696. The number of fused-ring (bicyclic) bond motifs is 2. The zero-order valence-corrected chi connectivity index (χ0v) is 12.1. The lowest BCUT2D eigenvalue weighted by Crippen LogP contribution is -2.15. The molecule has 2 heterocycles. The molecule has 23 heavy (non-hydrogen) atoms. The van der Waals surface area contributed by atoms with E-state index in [2.05, 4.69) is 10.3 Å². The Bertz CT molecular complexity index is 903. The molecule has 1 aromatic heterocycles. The average Bonchev–Trinajstić information content (AvgIpc) is 2.95. The Morgan fingerprint density at radius 1 is 1.17 bits per heavy atom. The molecule has 7 nitrogen and oxygen atoms in total. The van der Waals surface area contributed by atoms with Gasteiger partial charge in [0, 0.05) is 12.1 Å². The first kappa shape index (κ1) is 13.6. The van der Waals surface area contributed by atoms with Crippen LogP contribution < -0.4 is 9.47 Å². The minimum atomic E-state index is -0.949. The van der Waals surface area contributed by atoms with Crippen LogP contribution in [0, 0.1) is 0 Å². The maximum atomic E-state index is 11.1. The van der Waals surface area contributed by atoms with Crippen molar-refractivity contribution in [3.05, 3.63) is 47.5 Å². The summed E-state index contributed by atoms with van der Waals surface area (Å²) in [6.07, 6.45) is 0. The van der Waals surface area contributed by atoms with Crippen LogP contribution in [0.1, 0.15) is 15.9 Å². The molecule has 0 bridgehead atoms. The summed E-state index contributed by atoms with van der Waals surface area (Å²) in [4.78, 5) is 11.1. The predicted molar refractivity (Wildman–Crippen MR) is 81.0 cm³/mol. The van der Waals surface area contributed by atoms with Crippen molar-refractivity contribution in [2.45, 2.75) is 6.54 Å². The Hall–Kier alpha value is -3.09. The normalized spacial score (nSPS) is 13.2. The van der Waals surface area contributed by atoms with E-state index in [0.29, 0.717) is 36.8 Å². The summed E-state index contributed by atoms with van der Waals surface area (Å²) in [6, 6.07) is 10.4. The van der Waals surface area contributed by atoms with Gasteiger partial charge < -0.3 is 14.6 Å². The molecule has 4 rings (SSSR count). The van der Waals surface area contributed by atoms with Crippen LogP contribution in [0.5, 0.6) is 11.5 Å². The summed E-state index contributed by atoms with van der Waals surface area (Å²) in [5.74, 6) is 0.394. The van der Waals surface area contributed by atoms with Crippen molar-refractivity contribution in [2.24, 2.45) is 0 Å². The van der Waals surface area contributed by atoms with Crippen molar-refractivity contribution < 1.29 is 19.4 Å². The van der Waals surface area contributed by atoms with Crippen LogP contribution in [-0.2, 0) is 6.54 Å². The maximum Gasteiger partial charge on any atom is 0.335 e. The number of nitrogens with zero attached hydrogens (tertiary/aromatic N) is 3. The molecule has 1 aliphatic rings. The van der Waals surface area contributed by atoms with E-state index in [4.69, 9.17) is 14.6 Å². The van der Waals surface area contributed by atoms with Crippen LogP contribution in [0.4, 0.5) is 0 Å². The highest BCUT2D eigenvalue weighted by atomic mass is 16.6. The third-order valence-corrected chi connectivity index (χ3v) is 3.68. The van der Waals surface area contributed by atoms with Gasteiger partial charge >= 0.3 is 5.97 Å². The third-order valence-electron chi connectivity index (χ3n) is 3.68. The fourth-order valence-electron chi connectivity index (χ4n) is 2.60. The first-order valence-corrected chi connectivity index (χ1v) is 7.16. The molecule has 0 saturated heterocycles. The number of carbonyl (C=O) groups is 1. The van der Waals surface area contributed by atoms with Gasteiger partial charge in [0.25, 0.3) is 0 Å². The lowest BCUT2D eigenvalue weighted by Gasteiger charge is -2.18. The molecule has 0 atom stereocenters. The summed E-state index contributed by atoms with van der Waals surface area (Å²) in [7, 11) is 0. The second kappa shape index (κ2) is 5.28. The van der Waals surface area contributed by atoms with Crippen molar-refractivity contribution in [1.82, 2.24) is 15.0 Å². The van der Waals surface area contributed by atoms with Crippen LogP contribution in [0.25, 0.3) is 11.0 Å². The fraction of sp³-hybridized carbons (Fsp3) is 0.188. The molecule has 0 saturated carbocycles. The molecule has 0 unspecified atom stereocenters. The molecule has 116 valence electrons. The van der Waals surface area contributed by atoms with E-state index in [-0.39, 0.29) is 5.56 Å². The van der Waals surface area contributed by atoms with Crippen molar-refractivity contribution in [1.29, 1.82) is 0 Å². The van der Waals surface area contributed by atoms with Crippen molar-refractivity contribution in [2.75, 3.05) is 13.2 Å². The Morgan fingerprint density at radius 2 is 1.96 bits per heavy atom. The van der Waals surface area contributed by atoms with Gasteiger partial charge in [-0.15, -0.1) is 5.10 Å². The molecule has 0 fully saturated rings. The quantitative estimate of drug-likeness (QED) is 0.795.